The van der Waals surface area contributed by atoms with Crippen molar-refractivity contribution in [2.24, 2.45) is 0 Å². The van der Waals surface area contributed by atoms with Gasteiger partial charge in [-0.05, 0) is 42.7 Å². The number of para-hydroxylation sites is 2. The lowest BCUT2D eigenvalue weighted by Crippen LogP contribution is -2.46. The Hall–Kier alpha value is -3.08. The maximum absolute atomic E-state index is 12.6. The van der Waals surface area contributed by atoms with E-state index >= 15 is 0 Å². The molecule has 0 radical (unpaired) electrons. The summed E-state index contributed by atoms with van der Waals surface area (Å²) in [5.74, 6) is 0.0496. The standard InChI is InChI=1S/C22H22N4O/c27-21(19-10-13-23-24-19)25-14-11-22(12-15-25)16-26(17-6-2-1-3-7-17)20-9-5-4-8-18(20)22/h1-10,13H,11-12,14-16H2,(H,23,24). The van der Waals surface area contributed by atoms with Gasteiger partial charge in [0, 0.05) is 42.6 Å². The molecule has 5 rings (SSSR count). The van der Waals surface area contributed by atoms with Gasteiger partial charge in [-0.25, -0.2) is 0 Å². The van der Waals surface area contributed by atoms with E-state index < -0.39 is 0 Å². The van der Waals surface area contributed by atoms with Crippen LogP contribution in [0.1, 0.15) is 28.9 Å². The zero-order valence-corrected chi connectivity index (χ0v) is 15.1. The first kappa shape index (κ1) is 16.1. The van der Waals surface area contributed by atoms with E-state index in [4.69, 9.17) is 0 Å². The van der Waals surface area contributed by atoms with E-state index in [2.05, 4.69) is 69.7 Å². The number of likely N-dealkylation sites (tertiary alicyclic amines) is 1. The molecule has 1 saturated heterocycles. The first-order valence-electron chi connectivity index (χ1n) is 9.48. The predicted molar refractivity (Wildman–Crippen MR) is 105 cm³/mol. The predicted octanol–water partition coefficient (Wildman–Crippen LogP) is 3.74. The van der Waals surface area contributed by atoms with Crippen LogP contribution in [0.3, 0.4) is 0 Å². The summed E-state index contributed by atoms with van der Waals surface area (Å²) in [4.78, 5) is 17.0. The number of carbonyl (C=O) groups is 1. The van der Waals surface area contributed by atoms with Gasteiger partial charge < -0.3 is 9.80 Å². The summed E-state index contributed by atoms with van der Waals surface area (Å²) in [7, 11) is 0. The second-order valence-corrected chi connectivity index (χ2v) is 7.48. The number of hydrogen-bond donors (Lipinski definition) is 1. The summed E-state index contributed by atoms with van der Waals surface area (Å²) in [5.41, 5.74) is 4.64. The lowest BCUT2D eigenvalue weighted by atomic mass is 9.74. The topological polar surface area (TPSA) is 52.2 Å². The van der Waals surface area contributed by atoms with Crippen molar-refractivity contribution in [1.29, 1.82) is 0 Å². The van der Waals surface area contributed by atoms with Gasteiger partial charge in [-0.15, -0.1) is 0 Å². The quantitative estimate of drug-likeness (QED) is 0.759. The summed E-state index contributed by atoms with van der Waals surface area (Å²) in [6.45, 7) is 2.52. The molecule has 5 nitrogen and oxygen atoms in total. The molecule has 2 aromatic carbocycles. The minimum Gasteiger partial charge on any atom is -0.340 e. The molecule has 1 amide bonds. The number of fused-ring (bicyclic) bond motifs is 2. The maximum atomic E-state index is 12.6. The molecule has 1 fully saturated rings. The van der Waals surface area contributed by atoms with Crippen molar-refractivity contribution in [1.82, 2.24) is 15.1 Å². The number of aromatic nitrogens is 2. The van der Waals surface area contributed by atoms with Crippen LogP contribution in [0, 0.1) is 0 Å². The molecular weight excluding hydrogens is 336 g/mol. The number of aromatic amines is 1. The van der Waals surface area contributed by atoms with E-state index in [-0.39, 0.29) is 11.3 Å². The Bertz CT molecular complexity index is 943. The Morgan fingerprint density at radius 3 is 2.44 bits per heavy atom. The van der Waals surface area contributed by atoms with E-state index in [0.29, 0.717) is 5.69 Å². The normalized spacial score (nSPS) is 17.9. The van der Waals surface area contributed by atoms with Crippen LogP contribution in [-0.2, 0) is 5.41 Å². The molecule has 2 aliphatic rings. The minimum atomic E-state index is 0.0496. The van der Waals surface area contributed by atoms with Crippen LogP contribution in [0.2, 0.25) is 0 Å². The molecule has 2 aliphatic heterocycles. The van der Waals surface area contributed by atoms with Gasteiger partial charge in [0.1, 0.15) is 5.69 Å². The van der Waals surface area contributed by atoms with Crippen LogP contribution >= 0.6 is 0 Å². The minimum absolute atomic E-state index is 0.0496. The molecule has 3 heterocycles. The van der Waals surface area contributed by atoms with Gasteiger partial charge in [0.25, 0.3) is 5.91 Å². The molecule has 0 bridgehead atoms. The third-order valence-electron chi connectivity index (χ3n) is 6.03. The van der Waals surface area contributed by atoms with Crippen LogP contribution in [0.25, 0.3) is 0 Å². The molecule has 1 aromatic heterocycles. The summed E-state index contributed by atoms with van der Waals surface area (Å²) in [6, 6.07) is 21.1. The van der Waals surface area contributed by atoms with Crippen LogP contribution in [-0.4, -0.2) is 40.6 Å². The highest BCUT2D eigenvalue weighted by Gasteiger charge is 2.45. The van der Waals surface area contributed by atoms with Crippen LogP contribution < -0.4 is 4.90 Å². The molecule has 1 spiro atoms. The third-order valence-corrected chi connectivity index (χ3v) is 6.03. The number of nitrogens with zero attached hydrogens (tertiary/aromatic N) is 3. The van der Waals surface area contributed by atoms with Crippen molar-refractivity contribution in [3.63, 3.8) is 0 Å². The lowest BCUT2D eigenvalue weighted by molar-refractivity contribution is 0.0669. The number of H-pyrrole nitrogens is 1. The van der Waals surface area contributed by atoms with Crippen LogP contribution in [0.4, 0.5) is 11.4 Å². The average molecular weight is 358 g/mol. The molecule has 136 valence electrons. The van der Waals surface area contributed by atoms with E-state index in [9.17, 15) is 4.79 Å². The third kappa shape index (κ3) is 2.62. The molecule has 1 N–H and O–H groups in total. The zero-order valence-electron chi connectivity index (χ0n) is 15.1. The largest absolute Gasteiger partial charge is 0.340 e. The highest BCUT2D eigenvalue weighted by molar-refractivity contribution is 5.92. The Morgan fingerprint density at radius 1 is 0.963 bits per heavy atom. The van der Waals surface area contributed by atoms with Gasteiger partial charge in [-0.1, -0.05) is 36.4 Å². The summed E-state index contributed by atoms with van der Waals surface area (Å²) in [5, 5.41) is 6.69. The van der Waals surface area contributed by atoms with Gasteiger partial charge in [-0.2, -0.15) is 5.10 Å². The molecule has 0 saturated carbocycles. The SMILES string of the molecule is O=C(c1ccn[nH]1)N1CCC2(CC1)CN(c1ccccc1)c1ccccc12. The molecule has 0 atom stereocenters. The second-order valence-electron chi connectivity index (χ2n) is 7.48. The Balaban J connectivity index is 1.42. The van der Waals surface area contributed by atoms with Crippen molar-refractivity contribution in [2.45, 2.75) is 18.3 Å². The summed E-state index contributed by atoms with van der Waals surface area (Å²) >= 11 is 0. The van der Waals surface area contributed by atoms with E-state index in [1.807, 2.05) is 4.90 Å². The Kier molecular flexibility index (Phi) is 3.74. The highest BCUT2D eigenvalue weighted by Crippen LogP contribution is 2.49. The number of amides is 1. The number of hydrogen-bond acceptors (Lipinski definition) is 3. The van der Waals surface area contributed by atoms with Crippen molar-refractivity contribution < 1.29 is 4.79 Å². The number of piperidine rings is 1. The lowest BCUT2D eigenvalue weighted by Gasteiger charge is -2.39. The fraction of sp³-hybridized carbons (Fsp3) is 0.273. The fourth-order valence-corrected chi connectivity index (χ4v) is 4.58. The first-order valence-corrected chi connectivity index (χ1v) is 9.48. The number of anilines is 2. The van der Waals surface area contributed by atoms with E-state index in [1.165, 1.54) is 16.9 Å². The Morgan fingerprint density at radius 2 is 1.70 bits per heavy atom. The van der Waals surface area contributed by atoms with Crippen molar-refractivity contribution >= 4 is 17.3 Å². The van der Waals surface area contributed by atoms with Gasteiger partial charge in [0.2, 0.25) is 0 Å². The second kappa shape index (κ2) is 6.27. The molecule has 3 aromatic rings. The molecule has 5 heteroatoms. The number of benzene rings is 2. The van der Waals surface area contributed by atoms with Crippen molar-refractivity contribution in [3.05, 3.63) is 78.1 Å². The highest BCUT2D eigenvalue weighted by atomic mass is 16.2. The van der Waals surface area contributed by atoms with Gasteiger partial charge in [0.15, 0.2) is 0 Å². The van der Waals surface area contributed by atoms with Crippen LogP contribution in [0.15, 0.2) is 66.9 Å². The van der Waals surface area contributed by atoms with Gasteiger partial charge >= 0.3 is 0 Å². The number of carbonyl (C=O) groups excluding carboxylic acids is 1. The average Bonchev–Trinajstić information content (AvgIpc) is 3.37. The summed E-state index contributed by atoms with van der Waals surface area (Å²) in [6.07, 6.45) is 3.59. The van der Waals surface area contributed by atoms with Gasteiger partial charge in [-0.3, -0.25) is 9.89 Å². The van der Waals surface area contributed by atoms with Gasteiger partial charge in [0.05, 0.1) is 0 Å². The molecule has 27 heavy (non-hydrogen) atoms. The van der Waals surface area contributed by atoms with Crippen molar-refractivity contribution in [2.75, 3.05) is 24.5 Å². The molecule has 0 unspecified atom stereocenters. The fourth-order valence-electron chi connectivity index (χ4n) is 4.58. The van der Waals surface area contributed by atoms with Crippen LogP contribution in [0.5, 0.6) is 0 Å². The molecule has 0 aliphatic carbocycles. The number of rotatable bonds is 2. The van der Waals surface area contributed by atoms with Crippen molar-refractivity contribution in [3.8, 4) is 0 Å². The summed E-state index contributed by atoms with van der Waals surface area (Å²) < 4.78 is 0. The number of nitrogens with one attached hydrogen (secondary N) is 1. The molecular formula is C22H22N4O. The smallest absolute Gasteiger partial charge is 0.271 e. The first-order chi connectivity index (χ1) is 13.3. The van der Waals surface area contributed by atoms with E-state index in [0.717, 1.165) is 32.5 Å². The Labute approximate surface area is 158 Å². The van der Waals surface area contributed by atoms with E-state index in [1.54, 1.807) is 12.3 Å². The zero-order chi connectivity index (χ0) is 18.3. The maximum Gasteiger partial charge on any atom is 0.271 e. The monoisotopic (exact) mass is 358 g/mol.